The number of carbonyl (C=O) groups is 2. The second kappa shape index (κ2) is 11.2. The Labute approximate surface area is 206 Å². The number of ketones is 1. The molecule has 3 rings (SSSR count). The third kappa shape index (κ3) is 5.89. The maximum absolute atomic E-state index is 13.5. The van der Waals surface area contributed by atoms with Crippen molar-refractivity contribution in [2.45, 2.75) is 38.7 Å². The van der Waals surface area contributed by atoms with E-state index in [9.17, 15) is 18.0 Å². The largest absolute Gasteiger partial charge is 0.494 e. The summed E-state index contributed by atoms with van der Waals surface area (Å²) >= 11 is 0. The van der Waals surface area contributed by atoms with Crippen LogP contribution in [0.5, 0.6) is 5.75 Å². The summed E-state index contributed by atoms with van der Waals surface area (Å²) in [4.78, 5) is 25.6. The predicted octanol–water partition coefficient (Wildman–Crippen LogP) is 5.04. The van der Waals surface area contributed by atoms with Crippen LogP contribution in [0.25, 0.3) is 0 Å². The molecule has 0 aliphatic heterocycles. The molecule has 7 nitrogen and oxygen atoms in total. The molecule has 1 atom stereocenters. The van der Waals surface area contributed by atoms with Crippen molar-refractivity contribution in [1.82, 2.24) is 0 Å². The number of benzene rings is 3. The van der Waals surface area contributed by atoms with Crippen LogP contribution in [-0.4, -0.2) is 39.4 Å². The summed E-state index contributed by atoms with van der Waals surface area (Å²) in [7, 11) is -3.94. The second-order valence-electron chi connectivity index (χ2n) is 7.85. The molecule has 3 aromatic rings. The number of rotatable bonds is 10. The maximum atomic E-state index is 13.5. The van der Waals surface area contributed by atoms with Crippen LogP contribution < -0.4 is 9.04 Å². The van der Waals surface area contributed by atoms with Gasteiger partial charge in [0.25, 0.3) is 10.0 Å². The molecule has 0 saturated carbocycles. The van der Waals surface area contributed by atoms with E-state index in [1.807, 2.05) is 13.0 Å². The molecular formula is C27H29NO6S. The average Bonchev–Trinajstić information content (AvgIpc) is 2.85. The molecule has 0 aliphatic carbocycles. The van der Waals surface area contributed by atoms with E-state index >= 15 is 0 Å². The standard InChI is InChI=1S/C27H29NO6S/c1-5-28(23-10-8-7-9-11-23)35(31,32)25-18-22(13-12-19(25)3)27(30)34-20(4)26(29)21-14-16-24(17-15-21)33-6-2/h7-18,20H,5-6H2,1-4H3/t20-/m0/s1. The van der Waals surface area contributed by atoms with Gasteiger partial charge < -0.3 is 9.47 Å². The number of ether oxygens (including phenoxy) is 2. The Morgan fingerprint density at radius 3 is 2.14 bits per heavy atom. The summed E-state index contributed by atoms with van der Waals surface area (Å²) in [6.45, 7) is 7.48. The highest BCUT2D eigenvalue weighted by Crippen LogP contribution is 2.27. The van der Waals surface area contributed by atoms with Gasteiger partial charge in [-0.1, -0.05) is 24.3 Å². The second-order valence-corrected chi connectivity index (χ2v) is 9.69. The molecule has 35 heavy (non-hydrogen) atoms. The molecule has 0 radical (unpaired) electrons. The van der Waals surface area contributed by atoms with E-state index in [0.29, 0.717) is 29.2 Å². The Bertz CT molecular complexity index is 1290. The summed E-state index contributed by atoms with van der Waals surface area (Å²) in [5.41, 5.74) is 1.44. The predicted molar refractivity (Wildman–Crippen MR) is 135 cm³/mol. The Morgan fingerprint density at radius 1 is 0.914 bits per heavy atom. The third-order valence-electron chi connectivity index (χ3n) is 5.43. The van der Waals surface area contributed by atoms with Gasteiger partial charge in [0.05, 0.1) is 22.8 Å². The fourth-order valence-corrected chi connectivity index (χ4v) is 5.34. The minimum Gasteiger partial charge on any atom is -0.494 e. The first kappa shape index (κ1) is 26.0. The summed E-state index contributed by atoms with van der Waals surface area (Å²) in [5, 5.41) is 0. The number of hydrogen-bond acceptors (Lipinski definition) is 6. The molecular weight excluding hydrogens is 466 g/mol. The SMILES string of the molecule is CCOc1ccc(C(=O)[C@H](C)OC(=O)c2ccc(C)c(S(=O)(=O)N(CC)c3ccccc3)c2)cc1. The van der Waals surface area contributed by atoms with E-state index in [2.05, 4.69) is 0 Å². The quantitative estimate of drug-likeness (QED) is 0.289. The van der Waals surface area contributed by atoms with Crippen LogP contribution in [0.1, 0.15) is 47.1 Å². The number of aryl methyl sites for hydroxylation is 1. The van der Waals surface area contributed by atoms with Gasteiger partial charge in [-0.3, -0.25) is 9.10 Å². The number of Topliss-reactive ketones (excluding diaryl/α,β-unsaturated/α-hetero) is 1. The van der Waals surface area contributed by atoms with Gasteiger partial charge in [0.15, 0.2) is 6.10 Å². The Hall–Kier alpha value is -3.65. The van der Waals surface area contributed by atoms with Crippen molar-refractivity contribution in [3.63, 3.8) is 0 Å². The van der Waals surface area contributed by atoms with Crippen molar-refractivity contribution in [2.24, 2.45) is 0 Å². The summed E-state index contributed by atoms with van der Waals surface area (Å²) in [6.07, 6.45) is -1.06. The number of sulfonamides is 1. The van der Waals surface area contributed by atoms with Gasteiger partial charge in [-0.2, -0.15) is 0 Å². The lowest BCUT2D eigenvalue weighted by molar-refractivity contribution is 0.0318. The zero-order valence-electron chi connectivity index (χ0n) is 20.2. The van der Waals surface area contributed by atoms with Gasteiger partial charge in [0, 0.05) is 12.1 Å². The first-order chi connectivity index (χ1) is 16.7. The smallest absolute Gasteiger partial charge is 0.338 e. The van der Waals surface area contributed by atoms with Crippen molar-refractivity contribution >= 4 is 27.5 Å². The molecule has 8 heteroatoms. The molecule has 184 valence electrons. The number of hydrogen-bond donors (Lipinski definition) is 0. The van der Waals surface area contributed by atoms with Gasteiger partial charge in [0.1, 0.15) is 5.75 Å². The summed E-state index contributed by atoms with van der Waals surface area (Å²) < 4.78 is 39.0. The van der Waals surface area contributed by atoms with Crippen LogP contribution in [0, 0.1) is 6.92 Å². The molecule has 3 aromatic carbocycles. The van der Waals surface area contributed by atoms with E-state index in [-0.39, 0.29) is 22.8 Å². The number of anilines is 1. The van der Waals surface area contributed by atoms with E-state index in [1.54, 1.807) is 68.4 Å². The first-order valence-corrected chi connectivity index (χ1v) is 12.8. The van der Waals surface area contributed by atoms with E-state index in [4.69, 9.17) is 9.47 Å². The third-order valence-corrected chi connectivity index (χ3v) is 7.47. The molecule has 0 fully saturated rings. The van der Waals surface area contributed by atoms with Crippen molar-refractivity contribution < 1.29 is 27.5 Å². The molecule has 0 saturated heterocycles. The highest BCUT2D eigenvalue weighted by molar-refractivity contribution is 7.92. The zero-order valence-corrected chi connectivity index (χ0v) is 21.0. The normalized spacial score (nSPS) is 12.0. The monoisotopic (exact) mass is 495 g/mol. The molecule has 0 amide bonds. The van der Waals surface area contributed by atoms with Crippen LogP contribution in [-0.2, 0) is 14.8 Å². The number of para-hydroxylation sites is 1. The number of esters is 1. The van der Waals surface area contributed by atoms with Crippen molar-refractivity contribution in [3.05, 3.63) is 89.5 Å². The topological polar surface area (TPSA) is 90.0 Å². The van der Waals surface area contributed by atoms with Gasteiger partial charge >= 0.3 is 5.97 Å². The highest BCUT2D eigenvalue weighted by atomic mass is 32.2. The van der Waals surface area contributed by atoms with Gasteiger partial charge in [0.2, 0.25) is 5.78 Å². The number of carbonyl (C=O) groups excluding carboxylic acids is 2. The van der Waals surface area contributed by atoms with E-state index in [1.165, 1.54) is 23.4 Å². The minimum absolute atomic E-state index is 0.00291. The number of nitrogens with zero attached hydrogens (tertiary/aromatic N) is 1. The van der Waals surface area contributed by atoms with Crippen LogP contribution >= 0.6 is 0 Å². The van der Waals surface area contributed by atoms with E-state index in [0.717, 1.165) is 0 Å². The van der Waals surface area contributed by atoms with Crippen LogP contribution in [0.3, 0.4) is 0 Å². The van der Waals surface area contributed by atoms with Crippen LogP contribution in [0.2, 0.25) is 0 Å². The van der Waals surface area contributed by atoms with Crippen LogP contribution in [0.4, 0.5) is 5.69 Å². The highest BCUT2D eigenvalue weighted by Gasteiger charge is 2.27. The molecule has 0 heterocycles. The zero-order chi connectivity index (χ0) is 25.6. The molecule has 0 aromatic heterocycles. The van der Waals surface area contributed by atoms with Crippen molar-refractivity contribution in [2.75, 3.05) is 17.5 Å². The lowest BCUT2D eigenvalue weighted by Gasteiger charge is -2.24. The minimum atomic E-state index is -3.94. The van der Waals surface area contributed by atoms with Gasteiger partial charge in [-0.25, -0.2) is 13.2 Å². The van der Waals surface area contributed by atoms with Crippen LogP contribution in [0.15, 0.2) is 77.7 Å². The average molecular weight is 496 g/mol. The maximum Gasteiger partial charge on any atom is 0.338 e. The van der Waals surface area contributed by atoms with Gasteiger partial charge in [-0.05, 0) is 81.8 Å². The molecule has 0 spiro atoms. The Morgan fingerprint density at radius 2 is 1.54 bits per heavy atom. The Kier molecular flexibility index (Phi) is 8.30. The molecule has 0 bridgehead atoms. The lowest BCUT2D eigenvalue weighted by atomic mass is 10.1. The fraction of sp³-hybridized carbons (Fsp3) is 0.259. The van der Waals surface area contributed by atoms with Crippen molar-refractivity contribution in [1.29, 1.82) is 0 Å². The summed E-state index contributed by atoms with van der Waals surface area (Å²) in [5.74, 6) is -0.516. The fourth-order valence-electron chi connectivity index (χ4n) is 3.61. The Balaban J connectivity index is 1.82. The summed E-state index contributed by atoms with van der Waals surface area (Å²) in [6, 6.07) is 19.7. The molecule has 0 aliphatic rings. The van der Waals surface area contributed by atoms with Gasteiger partial charge in [-0.15, -0.1) is 0 Å². The first-order valence-electron chi connectivity index (χ1n) is 11.4. The molecule has 0 N–H and O–H groups in total. The van der Waals surface area contributed by atoms with Crippen molar-refractivity contribution in [3.8, 4) is 5.75 Å². The lowest BCUT2D eigenvalue weighted by Crippen LogP contribution is -2.31. The molecule has 0 unspecified atom stereocenters. The van der Waals surface area contributed by atoms with E-state index < -0.39 is 22.1 Å².